The zero-order chi connectivity index (χ0) is 17.1. The van der Waals surface area contributed by atoms with Crippen LogP contribution in [0.1, 0.15) is 0 Å². The van der Waals surface area contributed by atoms with Gasteiger partial charge in [0.25, 0.3) is 0 Å². The number of aliphatic hydroxyl groups is 3. The normalized spacial score (nSPS) is 9.36. The third-order valence-corrected chi connectivity index (χ3v) is 2.24. The van der Waals surface area contributed by atoms with Crippen LogP contribution >= 0.6 is 0 Å². The van der Waals surface area contributed by atoms with Crippen LogP contribution in [0.5, 0.6) is 0 Å². The number of aliphatic hydroxyl groups excluding tert-OH is 3. The first-order valence-electron chi connectivity index (χ1n) is 6.72. The van der Waals surface area contributed by atoms with E-state index in [0.717, 1.165) is 13.1 Å². The molecule has 0 bridgehead atoms. The Hall–Kier alpha value is 0.0700. The molecule has 10 heteroatoms. The van der Waals surface area contributed by atoms with Crippen molar-refractivity contribution in [2.75, 3.05) is 80.7 Å². The fourth-order valence-corrected chi connectivity index (χ4v) is 1.16. The van der Waals surface area contributed by atoms with Crippen molar-refractivity contribution in [2.45, 2.75) is 0 Å². The van der Waals surface area contributed by atoms with Gasteiger partial charge in [-0.05, 0) is 28.2 Å². The first kappa shape index (κ1) is 30.0. The zero-order valence-electron chi connectivity index (χ0n) is 14.7. The van der Waals surface area contributed by atoms with E-state index >= 15 is 0 Å². The molecule has 0 aromatic carbocycles. The summed E-state index contributed by atoms with van der Waals surface area (Å²) in [6.45, 7) is 4.05. The van der Waals surface area contributed by atoms with Crippen molar-refractivity contribution in [2.24, 2.45) is 0 Å². The molecule has 22 heavy (non-hydrogen) atoms. The number of nitrogens with zero attached hydrogens (tertiary/aromatic N) is 6. The van der Waals surface area contributed by atoms with Gasteiger partial charge in [-0.1, -0.05) is 0 Å². The Labute approximate surface area is 156 Å². The monoisotopic (exact) mass is 330 g/mol. The Balaban J connectivity index is -0.000000122. The van der Waals surface area contributed by atoms with Gasteiger partial charge < -0.3 is 36.2 Å². The molecule has 0 rings (SSSR count). The van der Waals surface area contributed by atoms with Gasteiger partial charge in [-0.25, -0.2) is 0 Å². The van der Waals surface area contributed by atoms with E-state index in [0.29, 0.717) is 19.6 Å². The molecule has 0 aliphatic rings. The fourth-order valence-electron chi connectivity index (χ4n) is 1.16. The minimum atomic E-state index is 0. The van der Waals surface area contributed by atoms with Crippen molar-refractivity contribution >= 4 is 0 Å². The van der Waals surface area contributed by atoms with Crippen molar-refractivity contribution in [3.8, 4) is 0 Å². The molecule has 0 aromatic rings. The van der Waals surface area contributed by atoms with E-state index in [2.05, 4.69) is 38.0 Å². The number of hydrogen-bond acceptors (Lipinski definition) is 6. The molecule has 0 aromatic heterocycles. The molecule has 9 nitrogen and oxygen atoms in total. The Bertz CT molecular complexity index is 207. The SMILES string of the molecule is CN(C)CCN(C)C.OCCN(CCO)CCO.[N-]=[N+]=[N-].[Na+]. The summed E-state index contributed by atoms with van der Waals surface area (Å²) in [5.41, 5.74) is 13.5. The van der Waals surface area contributed by atoms with E-state index in [1.54, 1.807) is 4.90 Å². The summed E-state index contributed by atoms with van der Waals surface area (Å²) in [7, 11) is 8.35. The summed E-state index contributed by atoms with van der Waals surface area (Å²) in [4.78, 5) is 7.65. The van der Waals surface area contributed by atoms with Crippen LogP contribution in [0, 0.1) is 0 Å². The number of rotatable bonds is 9. The first-order chi connectivity index (χ1) is 9.89. The standard InChI is InChI=1S/C6H16N2.C6H15NO3.N3.Na/c1-7(2)5-6-8(3)4;8-4-1-7(2-5-9)3-6-10;1-3-2;/h5-6H2,1-4H3;8-10H,1-6H2;;/q;;-1;+1. The van der Waals surface area contributed by atoms with Crippen molar-refractivity contribution in [3.63, 3.8) is 0 Å². The average molecular weight is 330 g/mol. The largest absolute Gasteiger partial charge is 1.00 e. The predicted molar refractivity (Wildman–Crippen MR) is 84.9 cm³/mol. The molecule has 0 fully saturated rings. The minimum absolute atomic E-state index is 0. The van der Waals surface area contributed by atoms with Gasteiger partial charge >= 0.3 is 29.6 Å². The van der Waals surface area contributed by atoms with Crippen molar-refractivity contribution in [3.05, 3.63) is 16.0 Å². The van der Waals surface area contributed by atoms with Crippen LogP contribution in [-0.2, 0) is 0 Å². The van der Waals surface area contributed by atoms with E-state index < -0.39 is 0 Å². The quantitative estimate of drug-likeness (QED) is 0.172. The summed E-state index contributed by atoms with van der Waals surface area (Å²) in [6.07, 6.45) is 0. The molecule has 0 unspecified atom stereocenters. The molecule has 0 amide bonds. The molecular formula is C12H31N6NaO3. The minimum Gasteiger partial charge on any atom is -0.395 e. The Morgan fingerprint density at radius 2 is 0.909 bits per heavy atom. The van der Waals surface area contributed by atoms with Crippen LogP contribution in [-0.4, -0.2) is 111 Å². The first-order valence-corrected chi connectivity index (χ1v) is 6.72. The average Bonchev–Trinajstić information content (AvgIpc) is 2.39. The Kier molecular flexibility index (Phi) is 35.5. The van der Waals surface area contributed by atoms with Gasteiger partial charge in [-0.2, -0.15) is 0 Å². The number of hydrogen-bond donors (Lipinski definition) is 3. The van der Waals surface area contributed by atoms with E-state index in [1.165, 1.54) is 4.91 Å². The van der Waals surface area contributed by atoms with Crippen LogP contribution in [0.25, 0.3) is 16.0 Å². The van der Waals surface area contributed by atoms with Crippen LogP contribution in [0.15, 0.2) is 0 Å². The third kappa shape index (κ3) is 36.9. The van der Waals surface area contributed by atoms with Crippen molar-refractivity contribution in [1.82, 2.24) is 14.7 Å². The van der Waals surface area contributed by atoms with E-state index in [9.17, 15) is 0 Å². The molecule has 3 N–H and O–H groups in total. The molecule has 0 aliphatic heterocycles. The van der Waals surface area contributed by atoms with E-state index in [4.69, 9.17) is 26.4 Å². The topological polar surface area (TPSA) is 129 Å². The Morgan fingerprint density at radius 1 is 0.682 bits per heavy atom. The molecule has 0 heterocycles. The molecule has 0 atom stereocenters. The van der Waals surface area contributed by atoms with Gasteiger partial charge in [0.1, 0.15) is 0 Å². The second kappa shape index (κ2) is 26.0. The van der Waals surface area contributed by atoms with E-state index in [-0.39, 0.29) is 49.4 Å². The zero-order valence-corrected chi connectivity index (χ0v) is 16.7. The maximum atomic E-state index is 8.48. The fraction of sp³-hybridized carbons (Fsp3) is 1.00. The molecule has 128 valence electrons. The van der Waals surface area contributed by atoms with Gasteiger partial charge in [-0.3, -0.25) is 9.81 Å². The maximum absolute atomic E-state index is 8.48. The summed E-state index contributed by atoms with van der Waals surface area (Å²) in [5, 5.41) is 25.5. The van der Waals surface area contributed by atoms with Gasteiger partial charge in [0.05, 0.1) is 19.8 Å². The predicted octanol–water partition coefficient (Wildman–Crippen LogP) is -3.75. The molecule has 0 aliphatic carbocycles. The maximum Gasteiger partial charge on any atom is 1.00 e. The smallest absolute Gasteiger partial charge is 0.395 e. The Morgan fingerprint density at radius 3 is 1.05 bits per heavy atom. The van der Waals surface area contributed by atoms with Crippen LogP contribution in [0.4, 0.5) is 0 Å². The molecule has 0 saturated heterocycles. The number of likely N-dealkylation sites (N-methyl/N-ethyl adjacent to an activating group) is 2. The van der Waals surface area contributed by atoms with Gasteiger partial charge in [0.2, 0.25) is 0 Å². The summed E-state index contributed by atoms with van der Waals surface area (Å²) >= 11 is 0. The molecular weight excluding hydrogens is 299 g/mol. The van der Waals surface area contributed by atoms with E-state index in [1.807, 2.05) is 0 Å². The molecule has 0 saturated carbocycles. The van der Waals surface area contributed by atoms with Crippen LogP contribution < -0.4 is 29.6 Å². The summed E-state index contributed by atoms with van der Waals surface area (Å²) in [5.74, 6) is 0. The summed E-state index contributed by atoms with van der Waals surface area (Å²) < 4.78 is 0. The second-order valence-corrected chi connectivity index (χ2v) is 4.71. The molecule has 0 spiro atoms. The molecule has 0 radical (unpaired) electrons. The van der Waals surface area contributed by atoms with Crippen molar-refractivity contribution in [1.29, 1.82) is 0 Å². The van der Waals surface area contributed by atoms with Gasteiger partial charge in [-0.15, -0.1) is 0 Å². The van der Waals surface area contributed by atoms with Crippen LogP contribution in [0.3, 0.4) is 0 Å². The van der Waals surface area contributed by atoms with Gasteiger partial charge in [0, 0.05) is 32.7 Å². The third-order valence-electron chi connectivity index (χ3n) is 2.24. The summed E-state index contributed by atoms with van der Waals surface area (Å²) in [6, 6.07) is 0. The van der Waals surface area contributed by atoms with Gasteiger partial charge in [0.15, 0.2) is 0 Å². The second-order valence-electron chi connectivity index (χ2n) is 4.71. The van der Waals surface area contributed by atoms with Crippen molar-refractivity contribution < 1.29 is 44.9 Å². The van der Waals surface area contributed by atoms with Crippen LogP contribution in [0.2, 0.25) is 0 Å².